The first-order valence-corrected chi connectivity index (χ1v) is 6.04. The second-order valence-electron chi connectivity index (χ2n) is 2.89. The van der Waals surface area contributed by atoms with Gasteiger partial charge in [0.15, 0.2) is 0 Å². The molecular formula is C8H6ClF3LiNO4S. The average molecular weight is 312 g/mol. The number of hydrogen-bond acceptors (Lipinski definition) is 4. The molecule has 0 heterocycles. The summed E-state index contributed by atoms with van der Waals surface area (Å²) in [4.78, 5) is 10.9. The van der Waals surface area contributed by atoms with Crippen LogP contribution in [0.2, 0.25) is 5.02 Å². The van der Waals surface area contributed by atoms with Crippen LogP contribution in [0.5, 0.6) is 5.75 Å². The van der Waals surface area contributed by atoms with E-state index in [4.69, 9.17) is 11.6 Å². The predicted molar refractivity (Wildman–Crippen MR) is 62.7 cm³/mol. The van der Waals surface area contributed by atoms with Gasteiger partial charge in [0.2, 0.25) is 0 Å². The molecule has 0 unspecified atom stereocenters. The summed E-state index contributed by atoms with van der Waals surface area (Å²) < 4.78 is 61.9. The zero-order chi connectivity index (χ0) is 14.0. The van der Waals surface area contributed by atoms with Crippen molar-refractivity contribution in [1.82, 2.24) is 4.72 Å². The van der Waals surface area contributed by atoms with Crippen molar-refractivity contribution in [1.29, 1.82) is 0 Å². The molecule has 1 aromatic carbocycles. The van der Waals surface area contributed by atoms with Crippen molar-refractivity contribution in [3.05, 3.63) is 29.3 Å². The first-order valence-electron chi connectivity index (χ1n) is 4.18. The van der Waals surface area contributed by atoms with Crippen LogP contribution in [0.25, 0.3) is 0 Å². The maximum absolute atomic E-state index is 11.9. The Kier molecular flexibility index (Phi) is 6.22. The fraction of sp³-hybridized carbons (Fsp3) is 0.125. The molecule has 102 valence electrons. The van der Waals surface area contributed by atoms with E-state index in [1.54, 1.807) is 0 Å². The molecule has 0 atom stereocenters. The van der Waals surface area contributed by atoms with Crippen molar-refractivity contribution in [2.24, 2.45) is 0 Å². The third-order valence-electron chi connectivity index (χ3n) is 1.55. The van der Waals surface area contributed by atoms with Crippen molar-refractivity contribution < 1.29 is 31.1 Å². The monoisotopic (exact) mass is 311 g/mol. The van der Waals surface area contributed by atoms with Gasteiger partial charge in [-0.15, -0.1) is 0 Å². The molecule has 0 aliphatic carbocycles. The molecule has 0 fully saturated rings. The molecule has 0 bridgehead atoms. The van der Waals surface area contributed by atoms with Crippen molar-refractivity contribution >= 4 is 46.6 Å². The van der Waals surface area contributed by atoms with Crippen LogP contribution in [-0.2, 0) is 10.0 Å². The predicted octanol–water partition coefficient (Wildman–Crippen LogP) is 1.63. The number of rotatable bonds is 2. The maximum atomic E-state index is 11.9. The molecule has 1 aromatic rings. The Balaban J connectivity index is 0.00000324. The van der Waals surface area contributed by atoms with E-state index in [1.165, 1.54) is 24.3 Å². The first-order chi connectivity index (χ1) is 8.12. The van der Waals surface area contributed by atoms with Gasteiger partial charge < -0.3 is 4.74 Å². The van der Waals surface area contributed by atoms with Crippen LogP contribution in [0.4, 0.5) is 18.0 Å². The summed E-state index contributed by atoms with van der Waals surface area (Å²) in [7, 11) is -5.78. The second kappa shape index (κ2) is 6.52. The molecule has 0 saturated heterocycles. The van der Waals surface area contributed by atoms with Crippen LogP contribution in [-0.4, -0.2) is 38.9 Å². The molecule has 0 aliphatic rings. The minimum absolute atomic E-state index is 0. The Hall–Kier alpha value is -0.883. The van der Waals surface area contributed by atoms with E-state index in [0.29, 0.717) is 9.74 Å². The molecule has 19 heavy (non-hydrogen) atoms. The summed E-state index contributed by atoms with van der Waals surface area (Å²) >= 11 is 5.51. The Bertz CT molecular complexity index is 546. The zero-order valence-electron chi connectivity index (χ0n) is 8.36. The van der Waals surface area contributed by atoms with Crippen LogP contribution >= 0.6 is 11.6 Å². The summed E-state index contributed by atoms with van der Waals surface area (Å²) in [5, 5.41) is 0.311. The first kappa shape index (κ1) is 18.1. The van der Waals surface area contributed by atoms with Gasteiger partial charge in [-0.1, -0.05) is 11.6 Å². The van der Waals surface area contributed by atoms with Gasteiger partial charge in [-0.3, -0.25) is 0 Å². The van der Waals surface area contributed by atoms with Crippen LogP contribution < -0.4 is 9.46 Å². The van der Waals surface area contributed by atoms with Crippen LogP contribution in [0.1, 0.15) is 0 Å². The molecule has 0 aliphatic heterocycles. The molecule has 1 amide bonds. The van der Waals surface area contributed by atoms with E-state index in [-0.39, 0.29) is 24.6 Å². The number of halogens is 4. The van der Waals surface area contributed by atoms with Gasteiger partial charge in [-0.2, -0.15) is 21.6 Å². The number of ether oxygens (including phenoxy) is 1. The van der Waals surface area contributed by atoms with E-state index in [9.17, 15) is 26.4 Å². The summed E-state index contributed by atoms with van der Waals surface area (Å²) in [6.45, 7) is 0. The molecule has 1 N–H and O–H groups in total. The van der Waals surface area contributed by atoms with Crippen LogP contribution in [0, 0.1) is 0 Å². The molecule has 0 radical (unpaired) electrons. The van der Waals surface area contributed by atoms with E-state index < -0.39 is 21.6 Å². The Morgan fingerprint density at radius 1 is 1.21 bits per heavy atom. The van der Waals surface area contributed by atoms with E-state index in [1.807, 2.05) is 0 Å². The number of alkyl halides is 3. The average Bonchev–Trinajstić information content (AvgIpc) is 2.19. The van der Waals surface area contributed by atoms with Gasteiger partial charge in [0.1, 0.15) is 5.75 Å². The van der Waals surface area contributed by atoms with Gasteiger partial charge in [-0.05, 0) is 24.3 Å². The van der Waals surface area contributed by atoms with Gasteiger partial charge in [-0.25, -0.2) is 9.52 Å². The van der Waals surface area contributed by atoms with Crippen molar-refractivity contribution in [2.45, 2.75) is 5.51 Å². The normalized spacial score (nSPS) is 11.4. The van der Waals surface area contributed by atoms with E-state index in [2.05, 4.69) is 4.74 Å². The number of carbonyl (C=O) groups excluding carboxylic acids is 1. The van der Waals surface area contributed by atoms with Crippen LogP contribution in [0.3, 0.4) is 0 Å². The number of sulfonamides is 1. The summed E-state index contributed by atoms with van der Waals surface area (Å²) in [6.07, 6.45) is -1.77. The molecule has 1 rings (SSSR count). The molecular weight excluding hydrogens is 306 g/mol. The SMILES string of the molecule is O=C(NS(=O)(=O)C(F)(F)F)Oc1ccc(Cl)cc1.[LiH]. The topological polar surface area (TPSA) is 72.5 Å². The Labute approximate surface area is 123 Å². The summed E-state index contributed by atoms with van der Waals surface area (Å²) in [5.41, 5.74) is -5.59. The van der Waals surface area contributed by atoms with Gasteiger partial charge in [0, 0.05) is 5.02 Å². The molecule has 0 aromatic heterocycles. The van der Waals surface area contributed by atoms with Gasteiger partial charge in [0.05, 0.1) is 0 Å². The Morgan fingerprint density at radius 3 is 2.11 bits per heavy atom. The van der Waals surface area contributed by atoms with Crippen LogP contribution in [0.15, 0.2) is 24.3 Å². The van der Waals surface area contributed by atoms with E-state index >= 15 is 0 Å². The van der Waals surface area contributed by atoms with Crippen molar-refractivity contribution in [3.8, 4) is 5.75 Å². The molecule has 11 heteroatoms. The minimum atomic E-state index is -5.78. The van der Waals surface area contributed by atoms with Gasteiger partial charge >= 0.3 is 40.5 Å². The number of amides is 1. The summed E-state index contributed by atoms with van der Waals surface area (Å²) in [6, 6.07) is 4.98. The molecule has 0 saturated carbocycles. The third kappa shape index (κ3) is 5.32. The standard InChI is InChI=1S/C8H5ClF3NO4S.Li.H/c9-5-1-3-6(4-2-5)17-7(14)13-18(15,16)8(10,11)12;;/h1-4H,(H,13,14);;. The molecule has 0 spiro atoms. The van der Waals surface area contributed by atoms with Crippen molar-refractivity contribution in [3.63, 3.8) is 0 Å². The van der Waals surface area contributed by atoms with E-state index in [0.717, 1.165) is 0 Å². The fourth-order valence-corrected chi connectivity index (χ4v) is 1.30. The number of carbonyl (C=O) groups is 1. The summed E-state index contributed by atoms with van der Waals surface area (Å²) in [5.74, 6) is -0.158. The Morgan fingerprint density at radius 2 is 1.68 bits per heavy atom. The van der Waals surface area contributed by atoms with Gasteiger partial charge in [0.25, 0.3) is 0 Å². The fourth-order valence-electron chi connectivity index (χ4n) is 0.798. The second-order valence-corrected chi connectivity index (χ2v) is 5.01. The quantitative estimate of drug-likeness (QED) is 0.843. The molecule has 5 nitrogen and oxygen atoms in total. The number of benzene rings is 1. The zero-order valence-corrected chi connectivity index (χ0v) is 9.93. The number of nitrogens with one attached hydrogen (secondary N) is 1. The number of hydrogen-bond donors (Lipinski definition) is 1. The third-order valence-corrected chi connectivity index (χ3v) is 2.84. The van der Waals surface area contributed by atoms with Crippen molar-refractivity contribution in [2.75, 3.05) is 0 Å².